The van der Waals surface area contributed by atoms with Gasteiger partial charge in [0, 0.05) is 38.3 Å². The Morgan fingerprint density at radius 2 is 2.11 bits per heavy atom. The Kier molecular flexibility index (Phi) is 5.27. The zero-order valence-electron chi connectivity index (χ0n) is 13.2. The molecule has 0 spiro atoms. The van der Waals surface area contributed by atoms with E-state index < -0.39 is 0 Å². The number of hydrogen-bond donors (Lipinski definition) is 1. The molecule has 0 aromatic heterocycles. The molecule has 0 aromatic rings. The van der Waals surface area contributed by atoms with Crippen LogP contribution in [0.5, 0.6) is 0 Å². The summed E-state index contributed by atoms with van der Waals surface area (Å²) in [7, 11) is 0. The Morgan fingerprint density at radius 1 is 1.32 bits per heavy atom. The number of rotatable bonds is 4. The molecule has 2 fully saturated rings. The lowest BCUT2D eigenvalue weighted by Gasteiger charge is -2.47. The second kappa shape index (κ2) is 6.55. The van der Waals surface area contributed by atoms with Crippen molar-refractivity contribution in [2.75, 3.05) is 32.8 Å². The monoisotopic (exact) mass is 268 g/mol. The molecule has 19 heavy (non-hydrogen) atoms. The summed E-state index contributed by atoms with van der Waals surface area (Å²) in [6.07, 6.45) is 3.83. The first-order valence-electron chi connectivity index (χ1n) is 8.06. The molecule has 3 nitrogen and oxygen atoms in total. The van der Waals surface area contributed by atoms with Crippen LogP contribution in [0.4, 0.5) is 0 Å². The molecule has 2 saturated heterocycles. The third-order valence-corrected chi connectivity index (χ3v) is 4.65. The number of nitrogens with zero attached hydrogens (tertiary/aromatic N) is 1. The van der Waals surface area contributed by atoms with Gasteiger partial charge < -0.3 is 10.1 Å². The minimum Gasteiger partial charge on any atom is -0.381 e. The van der Waals surface area contributed by atoms with Crippen molar-refractivity contribution in [3.05, 3.63) is 0 Å². The molecule has 2 aliphatic rings. The smallest absolute Gasteiger partial charge is 0.0507 e. The van der Waals surface area contributed by atoms with Crippen molar-refractivity contribution in [3.8, 4) is 0 Å². The SMILES string of the molecule is CCCC1CN(CC2CCOC2)C(C(C)(C)C)CN1. The molecule has 2 heterocycles. The molecule has 3 heteroatoms. The van der Waals surface area contributed by atoms with E-state index in [1.807, 2.05) is 0 Å². The Morgan fingerprint density at radius 3 is 2.68 bits per heavy atom. The summed E-state index contributed by atoms with van der Waals surface area (Å²) in [5, 5.41) is 3.76. The second-order valence-corrected chi connectivity index (χ2v) is 7.46. The summed E-state index contributed by atoms with van der Waals surface area (Å²) in [5.74, 6) is 0.755. The van der Waals surface area contributed by atoms with Gasteiger partial charge in [-0.1, -0.05) is 34.1 Å². The van der Waals surface area contributed by atoms with Gasteiger partial charge in [0.15, 0.2) is 0 Å². The van der Waals surface area contributed by atoms with E-state index in [-0.39, 0.29) is 0 Å². The second-order valence-electron chi connectivity index (χ2n) is 7.46. The molecule has 2 aliphatic heterocycles. The van der Waals surface area contributed by atoms with Gasteiger partial charge >= 0.3 is 0 Å². The van der Waals surface area contributed by atoms with Gasteiger partial charge in [-0.3, -0.25) is 4.90 Å². The van der Waals surface area contributed by atoms with E-state index in [0.717, 1.165) is 25.7 Å². The predicted octanol–water partition coefficient (Wildman–Crippen LogP) is 2.51. The van der Waals surface area contributed by atoms with Crippen molar-refractivity contribution in [1.82, 2.24) is 10.2 Å². The molecule has 3 unspecified atom stereocenters. The molecule has 0 aliphatic carbocycles. The zero-order valence-corrected chi connectivity index (χ0v) is 13.2. The molecule has 0 radical (unpaired) electrons. The molecule has 112 valence electrons. The van der Waals surface area contributed by atoms with Crippen LogP contribution in [0, 0.1) is 11.3 Å². The molecule has 3 atom stereocenters. The fourth-order valence-electron chi connectivity index (χ4n) is 3.54. The summed E-state index contributed by atoms with van der Waals surface area (Å²) in [4.78, 5) is 2.75. The first kappa shape index (κ1) is 15.3. The van der Waals surface area contributed by atoms with E-state index >= 15 is 0 Å². The van der Waals surface area contributed by atoms with E-state index in [2.05, 4.69) is 37.9 Å². The summed E-state index contributed by atoms with van der Waals surface area (Å²) < 4.78 is 5.55. The maximum atomic E-state index is 5.55. The highest BCUT2D eigenvalue weighted by Crippen LogP contribution is 2.28. The van der Waals surface area contributed by atoms with Crippen molar-refractivity contribution in [3.63, 3.8) is 0 Å². The van der Waals surface area contributed by atoms with E-state index in [1.165, 1.54) is 32.4 Å². The average Bonchev–Trinajstić information content (AvgIpc) is 2.81. The van der Waals surface area contributed by atoms with Gasteiger partial charge in [0.05, 0.1) is 6.61 Å². The number of hydrogen-bond acceptors (Lipinski definition) is 3. The quantitative estimate of drug-likeness (QED) is 0.848. The van der Waals surface area contributed by atoms with E-state index in [1.54, 1.807) is 0 Å². The fraction of sp³-hybridized carbons (Fsp3) is 1.00. The first-order chi connectivity index (χ1) is 9.00. The van der Waals surface area contributed by atoms with E-state index in [0.29, 0.717) is 17.5 Å². The summed E-state index contributed by atoms with van der Waals surface area (Å²) in [6, 6.07) is 1.34. The van der Waals surface area contributed by atoms with Crippen LogP contribution in [0.15, 0.2) is 0 Å². The summed E-state index contributed by atoms with van der Waals surface area (Å²) in [5.41, 5.74) is 0.351. The molecule has 0 amide bonds. The normalized spacial score (nSPS) is 33.8. The first-order valence-corrected chi connectivity index (χ1v) is 8.06. The van der Waals surface area contributed by atoms with Crippen LogP contribution < -0.4 is 5.32 Å². The molecular weight excluding hydrogens is 236 g/mol. The number of piperazine rings is 1. The lowest BCUT2D eigenvalue weighted by molar-refractivity contribution is 0.0391. The van der Waals surface area contributed by atoms with Crippen LogP contribution in [0.25, 0.3) is 0 Å². The maximum Gasteiger partial charge on any atom is 0.0507 e. The fourth-order valence-corrected chi connectivity index (χ4v) is 3.54. The average molecular weight is 268 g/mol. The van der Waals surface area contributed by atoms with Crippen LogP contribution >= 0.6 is 0 Å². The number of nitrogens with one attached hydrogen (secondary N) is 1. The van der Waals surface area contributed by atoms with Crippen LogP contribution in [0.2, 0.25) is 0 Å². The Hall–Kier alpha value is -0.120. The largest absolute Gasteiger partial charge is 0.381 e. The molecule has 0 saturated carbocycles. The third-order valence-electron chi connectivity index (χ3n) is 4.65. The van der Waals surface area contributed by atoms with E-state index in [9.17, 15) is 0 Å². The van der Waals surface area contributed by atoms with Crippen molar-refractivity contribution in [1.29, 1.82) is 0 Å². The van der Waals surface area contributed by atoms with Crippen LogP contribution in [-0.4, -0.2) is 49.8 Å². The van der Waals surface area contributed by atoms with Gasteiger partial charge in [0.2, 0.25) is 0 Å². The highest BCUT2D eigenvalue weighted by molar-refractivity contribution is 4.93. The van der Waals surface area contributed by atoms with Gasteiger partial charge in [0.25, 0.3) is 0 Å². The van der Waals surface area contributed by atoms with E-state index in [4.69, 9.17) is 4.74 Å². The molecular formula is C16H32N2O. The van der Waals surface area contributed by atoms with Gasteiger partial charge in [-0.25, -0.2) is 0 Å². The molecule has 0 bridgehead atoms. The van der Waals surface area contributed by atoms with Crippen LogP contribution in [-0.2, 0) is 4.74 Å². The minimum absolute atomic E-state index is 0.351. The third kappa shape index (κ3) is 4.17. The minimum atomic E-state index is 0.351. The van der Waals surface area contributed by atoms with Crippen molar-refractivity contribution >= 4 is 0 Å². The van der Waals surface area contributed by atoms with Gasteiger partial charge in [0.1, 0.15) is 0 Å². The van der Waals surface area contributed by atoms with Crippen molar-refractivity contribution in [2.24, 2.45) is 11.3 Å². The highest BCUT2D eigenvalue weighted by Gasteiger charge is 2.36. The topological polar surface area (TPSA) is 24.5 Å². The zero-order chi connectivity index (χ0) is 13.9. The van der Waals surface area contributed by atoms with Gasteiger partial charge in [-0.2, -0.15) is 0 Å². The van der Waals surface area contributed by atoms with Gasteiger partial charge in [-0.15, -0.1) is 0 Å². The lowest BCUT2D eigenvalue weighted by atomic mass is 9.83. The van der Waals surface area contributed by atoms with Crippen molar-refractivity contribution in [2.45, 2.75) is 59.0 Å². The Labute approximate surface area is 119 Å². The number of ether oxygens (including phenoxy) is 1. The highest BCUT2D eigenvalue weighted by atomic mass is 16.5. The Bertz CT molecular complexity index is 268. The van der Waals surface area contributed by atoms with Crippen LogP contribution in [0.1, 0.15) is 47.0 Å². The van der Waals surface area contributed by atoms with Crippen molar-refractivity contribution < 1.29 is 4.74 Å². The summed E-state index contributed by atoms with van der Waals surface area (Å²) in [6.45, 7) is 14.9. The standard InChI is InChI=1S/C16H32N2O/c1-5-6-14-11-18(10-13-7-8-19-12-13)15(9-17-14)16(2,3)4/h13-15,17H,5-12H2,1-4H3. The predicted molar refractivity (Wildman–Crippen MR) is 80.4 cm³/mol. The molecule has 2 rings (SSSR count). The lowest BCUT2D eigenvalue weighted by Crippen LogP contribution is -2.61. The Balaban J connectivity index is 1.97. The molecule has 0 aromatic carbocycles. The summed E-state index contributed by atoms with van der Waals surface area (Å²) >= 11 is 0. The maximum absolute atomic E-state index is 5.55. The molecule has 1 N–H and O–H groups in total. The van der Waals surface area contributed by atoms with Gasteiger partial charge in [-0.05, 0) is 24.2 Å². The van der Waals surface area contributed by atoms with Crippen LogP contribution in [0.3, 0.4) is 0 Å².